The quantitative estimate of drug-likeness (QED) is 0.497. The zero-order valence-electron chi connectivity index (χ0n) is 11.0. The largest absolute Gasteiger partial charge is 0.380 e. The Bertz CT molecular complexity index is 708. The van der Waals surface area contributed by atoms with Crippen molar-refractivity contribution in [2.75, 3.05) is 5.32 Å². The van der Waals surface area contributed by atoms with Crippen LogP contribution in [-0.2, 0) is 6.54 Å². The van der Waals surface area contributed by atoms with E-state index >= 15 is 0 Å². The van der Waals surface area contributed by atoms with Crippen molar-refractivity contribution in [1.29, 1.82) is 0 Å². The second-order valence-corrected chi connectivity index (χ2v) is 6.58. The first-order chi connectivity index (χ1) is 9.88. The van der Waals surface area contributed by atoms with E-state index in [0.29, 0.717) is 16.0 Å². The molecule has 0 aromatic heterocycles. The van der Waals surface area contributed by atoms with E-state index in [1.165, 1.54) is 12.1 Å². The molecule has 2 aromatic carbocycles. The highest BCUT2D eigenvalue weighted by atomic mass is 79.9. The Morgan fingerprint density at radius 1 is 1.24 bits per heavy atom. The fourth-order valence-electron chi connectivity index (χ4n) is 1.77. The van der Waals surface area contributed by atoms with Gasteiger partial charge in [-0.25, -0.2) is 0 Å². The molecule has 0 amide bonds. The van der Waals surface area contributed by atoms with Gasteiger partial charge in [0, 0.05) is 32.6 Å². The smallest absolute Gasteiger partial charge is 0.270 e. The van der Waals surface area contributed by atoms with Gasteiger partial charge in [-0.15, -0.1) is 0 Å². The SMILES string of the molecule is Cc1cc(Br)c(NCc2ccc([N+](=O)[O-])cc2Br)cc1Cl. The Kier molecular flexibility index (Phi) is 5.24. The summed E-state index contributed by atoms with van der Waals surface area (Å²) >= 11 is 12.9. The third kappa shape index (κ3) is 3.96. The molecular weight excluding hydrogens is 423 g/mol. The lowest BCUT2D eigenvalue weighted by atomic mass is 10.2. The Morgan fingerprint density at radius 2 is 1.95 bits per heavy atom. The van der Waals surface area contributed by atoms with Crippen LogP contribution in [0, 0.1) is 17.0 Å². The number of anilines is 1. The van der Waals surface area contributed by atoms with E-state index < -0.39 is 4.92 Å². The van der Waals surface area contributed by atoms with Gasteiger partial charge in [0.1, 0.15) is 0 Å². The van der Waals surface area contributed by atoms with Crippen LogP contribution in [0.4, 0.5) is 11.4 Å². The van der Waals surface area contributed by atoms with Gasteiger partial charge in [0.2, 0.25) is 0 Å². The van der Waals surface area contributed by atoms with E-state index in [9.17, 15) is 10.1 Å². The molecule has 0 heterocycles. The van der Waals surface area contributed by atoms with Crippen LogP contribution in [0.5, 0.6) is 0 Å². The zero-order chi connectivity index (χ0) is 15.6. The van der Waals surface area contributed by atoms with Gasteiger partial charge >= 0.3 is 0 Å². The van der Waals surface area contributed by atoms with Crippen molar-refractivity contribution >= 4 is 54.8 Å². The maximum absolute atomic E-state index is 10.7. The summed E-state index contributed by atoms with van der Waals surface area (Å²) in [6, 6.07) is 8.49. The minimum absolute atomic E-state index is 0.0604. The third-order valence-corrected chi connectivity index (χ3v) is 4.77. The maximum atomic E-state index is 10.7. The number of rotatable bonds is 4. The van der Waals surface area contributed by atoms with Crippen LogP contribution in [0.15, 0.2) is 39.3 Å². The van der Waals surface area contributed by atoms with Crippen molar-refractivity contribution in [2.45, 2.75) is 13.5 Å². The van der Waals surface area contributed by atoms with E-state index in [1.54, 1.807) is 6.07 Å². The molecule has 0 saturated carbocycles. The van der Waals surface area contributed by atoms with Gasteiger partial charge in [0.05, 0.1) is 10.6 Å². The van der Waals surface area contributed by atoms with Crippen LogP contribution in [0.3, 0.4) is 0 Å². The Hall–Kier alpha value is -1.11. The summed E-state index contributed by atoms with van der Waals surface area (Å²) in [6.07, 6.45) is 0. The normalized spacial score (nSPS) is 10.5. The molecular formula is C14H11Br2ClN2O2. The lowest BCUT2D eigenvalue weighted by molar-refractivity contribution is -0.384. The van der Waals surface area contributed by atoms with Gasteiger partial charge in [0.25, 0.3) is 5.69 Å². The molecule has 110 valence electrons. The zero-order valence-corrected chi connectivity index (χ0v) is 14.9. The molecule has 0 saturated heterocycles. The fraction of sp³-hybridized carbons (Fsp3) is 0.143. The number of aryl methyl sites for hydroxylation is 1. The third-order valence-electron chi connectivity index (χ3n) is 2.97. The minimum atomic E-state index is -0.418. The molecule has 2 rings (SSSR count). The van der Waals surface area contributed by atoms with Gasteiger partial charge in [-0.05, 0) is 52.2 Å². The maximum Gasteiger partial charge on any atom is 0.270 e. The highest BCUT2D eigenvalue weighted by Crippen LogP contribution is 2.30. The van der Waals surface area contributed by atoms with E-state index in [-0.39, 0.29) is 5.69 Å². The molecule has 0 aliphatic heterocycles. The van der Waals surface area contributed by atoms with E-state index in [4.69, 9.17) is 11.6 Å². The van der Waals surface area contributed by atoms with E-state index in [1.807, 2.05) is 19.1 Å². The van der Waals surface area contributed by atoms with Crippen LogP contribution in [0.2, 0.25) is 5.02 Å². The molecule has 7 heteroatoms. The van der Waals surface area contributed by atoms with Crippen LogP contribution in [0.25, 0.3) is 0 Å². The van der Waals surface area contributed by atoms with Crippen molar-refractivity contribution in [3.8, 4) is 0 Å². The summed E-state index contributed by atoms with van der Waals surface area (Å²) < 4.78 is 1.61. The lowest BCUT2D eigenvalue weighted by Gasteiger charge is -2.11. The van der Waals surface area contributed by atoms with Crippen molar-refractivity contribution in [2.24, 2.45) is 0 Å². The molecule has 0 spiro atoms. The summed E-state index contributed by atoms with van der Waals surface area (Å²) in [5, 5.41) is 14.6. The highest BCUT2D eigenvalue weighted by Gasteiger charge is 2.10. The summed E-state index contributed by atoms with van der Waals surface area (Å²) in [6.45, 7) is 2.46. The second kappa shape index (κ2) is 6.77. The fourth-order valence-corrected chi connectivity index (χ4v) is 3.03. The summed E-state index contributed by atoms with van der Waals surface area (Å²) in [7, 11) is 0. The average molecular weight is 435 g/mol. The predicted octanol–water partition coefficient (Wildman–Crippen LogP) is 5.69. The predicted molar refractivity (Wildman–Crippen MR) is 92.0 cm³/mol. The number of nitro groups is 1. The van der Waals surface area contributed by atoms with Crippen LogP contribution >= 0.6 is 43.5 Å². The highest BCUT2D eigenvalue weighted by molar-refractivity contribution is 9.11. The van der Waals surface area contributed by atoms with Crippen molar-refractivity contribution in [3.63, 3.8) is 0 Å². The Morgan fingerprint density at radius 3 is 2.57 bits per heavy atom. The molecule has 0 aliphatic rings. The number of nitro benzene ring substituents is 1. The Labute approximate surface area is 143 Å². The van der Waals surface area contributed by atoms with Gasteiger partial charge in [-0.2, -0.15) is 0 Å². The number of hydrogen-bond acceptors (Lipinski definition) is 3. The number of non-ortho nitro benzene ring substituents is 1. The molecule has 0 aliphatic carbocycles. The average Bonchev–Trinajstić information content (AvgIpc) is 2.42. The molecule has 0 bridgehead atoms. The first-order valence-corrected chi connectivity index (χ1v) is 7.97. The molecule has 4 nitrogen and oxygen atoms in total. The standard InChI is InChI=1S/C14H11Br2ClN2O2/c1-8-4-12(16)14(6-13(8)17)18-7-9-2-3-10(19(20)21)5-11(9)15/h2-6,18H,7H2,1H3. The Balaban J connectivity index is 2.17. The van der Waals surface area contributed by atoms with Gasteiger partial charge in [0.15, 0.2) is 0 Å². The van der Waals surface area contributed by atoms with Crippen molar-refractivity contribution in [1.82, 2.24) is 0 Å². The van der Waals surface area contributed by atoms with Crippen LogP contribution in [-0.4, -0.2) is 4.92 Å². The summed E-state index contributed by atoms with van der Waals surface area (Å²) in [4.78, 5) is 10.3. The lowest BCUT2D eigenvalue weighted by Crippen LogP contribution is -2.02. The van der Waals surface area contributed by atoms with Crippen molar-refractivity contribution in [3.05, 3.63) is 65.5 Å². The van der Waals surface area contributed by atoms with Gasteiger partial charge in [-0.3, -0.25) is 10.1 Å². The number of halogens is 3. The van der Waals surface area contributed by atoms with Crippen LogP contribution in [0.1, 0.15) is 11.1 Å². The first-order valence-electron chi connectivity index (χ1n) is 6.01. The molecule has 1 N–H and O–H groups in total. The van der Waals surface area contributed by atoms with E-state index in [2.05, 4.69) is 37.2 Å². The topological polar surface area (TPSA) is 55.2 Å². The number of nitrogens with one attached hydrogen (secondary N) is 1. The summed E-state index contributed by atoms with van der Waals surface area (Å²) in [5.41, 5.74) is 2.84. The molecule has 0 radical (unpaired) electrons. The number of nitrogens with zero attached hydrogens (tertiary/aromatic N) is 1. The molecule has 0 fully saturated rings. The minimum Gasteiger partial charge on any atom is -0.380 e. The first kappa shape index (κ1) is 16.3. The number of benzene rings is 2. The molecule has 0 unspecified atom stereocenters. The van der Waals surface area contributed by atoms with E-state index in [0.717, 1.165) is 21.3 Å². The molecule has 21 heavy (non-hydrogen) atoms. The second-order valence-electron chi connectivity index (χ2n) is 4.47. The van der Waals surface area contributed by atoms with Crippen LogP contribution < -0.4 is 5.32 Å². The van der Waals surface area contributed by atoms with Gasteiger partial charge in [-0.1, -0.05) is 27.5 Å². The monoisotopic (exact) mass is 432 g/mol. The van der Waals surface area contributed by atoms with Crippen molar-refractivity contribution < 1.29 is 4.92 Å². The van der Waals surface area contributed by atoms with Gasteiger partial charge < -0.3 is 5.32 Å². The molecule has 2 aromatic rings. The number of hydrogen-bond donors (Lipinski definition) is 1. The molecule has 0 atom stereocenters. The summed E-state index contributed by atoms with van der Waals surface area (Å²) in [5.74, 6) is 0.